The molecule has 0 fully saturated rings. The summed E-state index contributed by atoms with van der Waals surface area (Å²) < 4.78 is 1.59. The first kappa shape index (κ1) is 11.4. The van der Waals surface area contributed by atoms with Crippen molar-refractivity contribution in [3.63, 3.8) is 0 Å². The van der Waals surface area contributed by atoms with Crippen LogP contribution in [0.4, 0.5) is 0 Å². The summed E-state index contributed by atoms with van der Waals surface area (Å²) in [4.78, 5) is 0. The SMILES string of the molecule is Cc1cc(CO)cc(-c2cnn(CC#N)c2)c1. The minimum Gasteiger partial charge on any atom is -0.392 e. The van der Waals surface area contributed by atoms with Gasteiger partial charge in [-0.3, -0.25) is 4.68 Å². The number of nitriles is 1. The first-order valence-electron chi connectivity index (χ1n) is 5.34. The topological polar surface area (TPSA) is 61.8 Å². The second-order valence-corrected chi connectivity index (χ2v) is 3.95. The molecule has 1 N–H and O–H groups in total. The predicted octanol–water partition coefficient (Wildman–Crippen LogP) is 1.87. The lowest BCUT2D eigenvalue weighted by molar-refractivity contribution is 0.282. The van der Waals surface area contributed by atoms with Gasteiger partial charge < -0.3 is 5.11 Å². The van der Waals surface area contributed by atoms with Crippen molar-refractivity contribution in [2.75, 3.05) is 0 Å². The molecule has 2 aromatic rings. The molecular formula is C13H13N3O. The van der Waals surface area contributed by atoms with E-state index in [1.165, 1.54) is 0 Å². The Hall–Kier alpha value is -2.12. The van der Waals surface area contributed by atoms with E-state index in [1.807, 2.05) is 37.4 Å². The molecule has 2 rings (SSSR count). The lowest BCUT2D eigenvalue weighted by Crippen LogP contribution is -1.94. The summed E-state index contributed by atoms with van der Waals surface area (Å²) in [5.74, 6) is 0. The molecule has 0 saturated carbocycles. The highest BCUT2D eigenvalue weighted by atomic mass is 16.3. The third kappa shape index (κ3) is 2.52. The Balaban J connectivity index is 2.38. The van der Waals surface area contributed by atoms with Crippen LogP contribution >= 0.6 is 0 Å². The minimum atomic E-state index is 0.0288. The number of aliphatic hydroxyl groups excluding tert-OH is 1. The molecule has 4 nitrogen and oxygen atoms in total. The fourth-order valence-electron chi connectivity index (χ4n) is 1.79. The van der Waals surface area contributed by atoms with Crippen LogP contribution in [-0.4, -0.2) is 14.9 Å². The first-order chi connectivity index (χ1) is 8.22. The highest BCUT2D eigenvalue weighted by Crippen LogP contribution is 2.21. The van der Waals surface area contributed by atoms with Gasteiger partial charge in [0.25, 0.3) is 0 Å². The van der Waals surface area contributed by atoms with Crippen LogP contribution in [0.3, 0.4) is 0 Å². The van der Waals surface area contributed by atoms with Crippen molar-refractivity contribution in [3.8, 4) is 17.2 Å². The van der Waals surface area contributed by atoms with Crippen molar-refractivity contribution in [1.29, 1.82) is 5.26 Å². The highest BCUT2D eigenvalue weighted by molar-refractivity contribution is 5.63. The van der Waals surface area contributed by atoms with E-state index in [9.17, 15) is 0 Å². The zero-order valence-electron chi connectivity index (χ0n) is 9.59. The maximum atomic E-state index is 9.16. The number of hydrogen-bond donors (Lipinski definition) is 1. The molecule has 0 aliphatic heterocycles. The Labute approximate surface area is 99.7 Å². The third-order valence-electron chi connectivity index (χ3n) is 2.52. The van der Waals surface area contributed by atoms with Gasteiger partial charge in [0.1, 0.15) is 6.54 Å². The predicted molar refractivity (Wildman–Crippen MR) is 63.9 cm³/mol. The molecule has 17 heavy (non-hydrogen) atoms. The van der Waals surface area contributed by atoms with Gasteiger partial charge in [0, 0.05) is 11.8 Å². The summed E-state index contributed by atoms with van der Waals surface area (Å²) >= 11 is 0. The normalized spacial score (nSPS) is 10.2. The summed E-state index contributed by atoms with van der Waals surface area (Å²) in [7, 11) is 0. The van der Waals surface area contributed by atoms with Crippen LogP contribution in [0.15, 0.2) is 30.6 Å². The van der Waals surface area contributed by atoms with E-state index in [2.05, 4.69) is 5.10 Å². The molecule has 0 aliphatic carbocycles. The second-order valence-electron chi connectivity index (χ2n) is 3.95. The lowest BCUT2D eigenvalue weighted by atomic mass is 10.0. The summed E-state index contributed by atoms with van der Waals surface area (Å²) in [5, 5.41) is 21.8. The first-order valence-corrected chi connectivity index (χ1v) is 5.34. The number of hydrogen-bond acceptors (Lipinski definition) is 3. The van der Waals surface area contributed by atoms with Crippen LogP contribution in [0.5, 0.6) is 0 Å². The van der Waals surface area contributed by atoms with E-state index < -0.39 is 0 Å². The largest absolute Gasteiger partial charge is 0.392 e. The smallest absolute Gasteiger partial charge is 0.128 e. The van der Waals surface area contributed by atoms with Gasteiger partial charge in [-0.25, -0.2) is 0 Å². The standard InChI is InChI=1S/C13H13N3O/c1-10-4-11(9-17)6-12(5-10)13-7-15-16(8-13)3-2-14/h4-8,17H,3,9H2,1H3. The summed E-state index contributed by atoms with van der Waals surface area (Å²) in [5.41, 5.74) is 3.95. The second kappa shape index (κ2) is 4.81. The summed E-state index contributed by atoms with van der Waals surface area (Å²) in [6, 6.07) is 7.96. The monoisotopic (exact) mass is 227 g/mol. The van der Waals surface area contributed by atoms with Crippen LogP contribution in [0.25, 0.3) is 11.1 Å². The lowest BCUT2D eigenvalue weighted by Gasteiger charge is -2.03. The van der Waals surface area contributed by atoms with Crippen molar-refractivity contribution in [2.24, 2.45) is 0 Å². The van der Waals surface area contributed by atoms with Gasteiger partial charge in [0.2, 0.25) is 0 Å². The molecule has 0 radical (unpaired) electrons. The van der Waals surface area contributed by atoms with E-state index in [0.717, 1.165) is 22.3 Å². The summed E-state index contributed by atoms with van der Waals surface area (Å²) in [6.07, 6.45) is 3.56. The molecule has 1 heterocycles. The minimum absolute atomic E-state index is 0.0288. The molecule has 0 atom stereocenters. The molecule has 86 valence electrons. The number of benzene rings is 1. The molecule has 1 aromatic heterocycles. The Bertz CT molecular complexity index is 566. The van der Waals surface area contributed by atoms with Gasteiger partial charge in [0.15, 0.2) is 0 Å². The van der Waals surface area contributed by atoms with Crippen LogP contribution in [-0.2, 0) is 13.2 Å². The molecule has 0 unspecified atom stereocenters. The number of aromatic nitrogens is 2. The molecule has 0 amide bonds. The fourth-order valence-corrected chi connectivity index (χ4v) is 1.79. The van der Waals surface area contributed by atoms with Crippen molar-refractivity contribution in [3.05, 3.63) is 41.7 Å². The molecule has 0 saturated heterocycles. The Morgan fingerprint density at radius 3 is 2.88 bits per heavy atom. The average molecular weight is 227 g/mol. The zero-order chi connectivity index (χ0) is 12.3. The molecule has 0 aliphatic rings. The Kier molecular flexibility index (Phi) is 3.22. The van der Waals surface area contributed by atoms with E-state index in [4.69, 9.17) is 10.4 Å². The maximum absolute atomic E-state index is 9.16. The zero-order valence-corrected chi connectivity index (χ0v) is 9.59. The number of aryl methyl sites for hydroxylation is 1. The van der Waals surface area contributed by atoms with E-state index in [1.54, 1.807) is 10.9 Å². The molecule has 0 spiro atoms. The third-order valence-corrected chi connectivity index (χ3v) is 2.52. The van der Waals surface area contributed by atoms with Gasteiger partial charge in [-0.05, 0) is 24.1 Å². The van der Waals surface area contributed by atoms with E-state index in [-0.39, 0.29) is 13.2 Å². The van der Waals surface area contributed by atoms with Gasteiger partial charge in [-0.2, -0.15) is 10.4 Å². The Morgan fingerprint density at radius 1 is 1.35 bits per heavy atom. The number of aliphatic hydroxyl groups is 1. The van der Waals surface area contributed by atoms with Gasteiger partial charge in [0.05, 0.1) is 18.9 Å². The van der Waals surface area contributed by atoms with E-state index in [0.29, 0.717) is 0 Å². The maximum Gasteiger partial charge on any atom is 0.128 e. The Morgan fingerprint density at radius 2 is 2.18 bits per heavy atom. The van der Waals surface area contributed by atoms with Crippen LogP contribution in [0.1, 0.15) is 11.1 Å². The van der Waals surface area contributed by atoms with Crippen molar-refractivity contribution in [2.45, 2.75) is 20.1 Å². The molecule has 1 aromatic carbocycles. The van der Waals surface area contributed by atoms with Crippen molar-refractivity contribution >= 4 is 0 Å². The van der Waals surface area contributed by atoms with E-state index >= 15 is 0 Å². The van der Waals surface area contributed by atoms with Gasteiger partial charge in [-0.1, -0.05) is 17.7 Å². The van der Waals surface area contributed by atoms with Gasteiger partial charge >= 0.3 is 0 Å². The average Bonchev–Trinajstić information content (AvgIpc) is 2.77. The summed E-state index contributed by atoms with van der Waals surface area (Å²) in [6.45, 7) is 2.27. The van der Waals surface area contributed by atoms with Crippen LogP contribution in [0, 0.1) is 18.3 Å². The number of rotatable bonds is 3. The highest BCUT2D eigenvalue weighted by Gasteiger charge is 2.04. The van der Waals surface area contributed by atoms with Crippen LogP contribution in [0.2, 0.25) is 0 Å². The molecular weight excluding hydrogens is 214 g/mol. The fraction of sp³-hybridized carbons (Fsp3) is 0.231. The quantitative estimate of drug-likeness (QED) is 0.870. The molecule has 4 heteroatoms. The van der Waals surface area contributed by atoms with Gasteiger partial charge in [-0.15, -0.1) is 0 Å². The van der Waals surface area contributed by atoms with Crippen LogP contribution < -0.4 is 0 Å². The molecule has 0 bridgehead atoms. The number of nitrogens with zero attached hydrogens (tertiary/aromatic N) is 3. The van der Waals surface area contributed by atoms with Crippen molar-refractivity contribution in [1.82, 2.24) is 9.78 Å². The van der Waals surface area contributed by atoms with Crippen molar-refractivity contribution < 1.29 is 5.11 Å².